The van der Waals surface area contributed by atoms with Crippen molar-refractivity contribution >= 4 is 23.1 Å². The lowest BCUT2D eigenvalue weighted by Gasteiger charge is -2.30. The number of ether oxygens (including phenoxy) is 2. The maximum Gasteiger partial charge on any atom is 0.185 e. The lowest BCUT2D eigenvalue weighted by Crippen LogP contribution is -2.25. The zero-order valence-electron chi connectivity index (χ0n) is 13.1. The molecule has 3 rings (SSSR count). The van der Waals surface area contributed by atoms with E-state index >= 15 is 0 Å². The third kappa shape index (κ3) is 3.74. The number of thiocarbonyl (C=S) groups is 1. The summed E-state index contributed by atoms with van der Waals surface area (Å²) >= 11 is 4.70. The van der Waals surface area contributed by atoms with E-state index < -0.39 is 6.29 Å². The molecule has 23 heavy (non-hydrogen) atoms. The average Bonchev–Trinajstić information content (AvgIpc) is 2.63. The number of para-hydroxylation sites is 1. The number of nitrogens with zero attached hydrogens (tertiary/aromatic N) is 1. The van der Waals surface area contributed by atoms with Crippen LogP contribution in [0.3, 0.4) is 0 Å². The van der Waals surface area contributed by atoms with Gasteiger partial charge in [-0.05, 0) is 35.8 Å². The zero-order chi connectivity index (χ0) is 16.1. The highest BCUT2D eigenvalue weighted by atomic mass is 32.1. The van der Waals surface area contributed by atoms with Crippen LogP contribution in [0.4, 0.5) is 5.69 Å². The summed E-state index contributed by atoms with van der Waals surface area (Å²) in [5, 5.41) is 2.41. The third-order valence-electron chi connectivity index (χ3n) is 4.11. The fourth-order valence-corrected chi connectivity index (χ4v) is 2.84. The molecular weight excluding hydrogens is 306 g/mol. The SMILES string of the molecule is CCc1ccc([C@H]2CO[C@H](c3ccccc3N=C=S)OC2)cc1. The second kappa shape index (κ2) is 7.62. The van der Waals surface area contributed by atoms with Crippen molar-refractivity contribution in [2.45, 2.75) is 25.6 Å². The smallest absolute Gasteiger partial charge is 0.185 e. The summed E-state index contributed by atoms with van der Waals surface area (Å²) in [5.74, 6) is 0.262. The second-order valence-electron chi connectivity index (χ2n) is 5.55. The molecule has 0 bridgehead atoms. The van der Waals surface area contributed by atoms with Crippen LogP contribution in [0.5, 0.6) is 0 Å². The fraction of sp³-hybridized carbons (Fsp3) is 0.316. The van der Waals surface area contributed by atoms with E-state index in [1.165, 1.54) is 11.1 Å². The molecule has 0 radical (unpaired) electrons. The molecule has 0 spiro atoms. The van der Waals surface area contributed by atoms with Gasteiger partial charge >= 0.3 is 0 Å². The number of hydrogen-bond acceptors (Lipinski definition) is 4. The Labute approximate surface area is 142 Å². The first kappa shape index (κ1) is 16.0. The largest absolute Gasteiger partial charge is 0.348 e. The number of isothiocyanates is 1. The molecule has 0 amide bonds. The van der Waals surface area contributed by atoms with Crippen LogP contribution in [-0.4, -0.2) is 18.4 Å². The van der Waals surface area contributed by atoms with E-state index in [2.05, 4.69) is 41.3 Å². The first-order valence-corrected chi connectivity index (χ1v) is 8.21. The van der Waals surface area contributed by atoms with Gasteiger partial charge in [0.2, 0.25) is 0 Å². The minimum absolute atomic E-state index is 0.262. The molecule has 1 fully saturated rings. The highest BCUT2D eigenvalue weighted by Gasteiger charge is 2.26. The van der Waals surface area contributed by atoms with E-state index in [1.807, 2.05) is 24.3 Å². The van der Waals surface area contributed by atoms with Crippen LogP contribution in [0.15, 0.2) is 53.5 Å². The predicted octanol–water partition coefficient (Wildman–Crippen LogP) is 4.81. The van der Waals surface area contributed by atoms with E-state index in [-0.39, 0.29) is 5.92 Å². The minimum Gasteiger partial charge on any atom is -0.348 e. The Kier molecular flexibility index (Phi) is 5.31. The quantitative estimate of drug-likeness (QED) is 0.597. The third-order valence-corrected chi connectivity index (χ3v) is 4.21. The highest BCUT2D eigenvalue weighted by molar-refractivity contribution is 7.78. The van der Waals surface area contributed by atoms with E-state index in [0.29, 0.717) is 13.2 Å². The number of hydrogen-bond donors (Lipinski definition) is 0. The van der Waals surface area contributed by atoms with Gasteiger partial charge in [0.1, 0.15) is 0 Å². The number of rotatable bonds is 4. The van der Waals surface area contributed by atoms with Crippen molar-refractivity contribution in [3.8, 4) is 0 Å². The van der Waals surface area contributed by atoms with Crippen molar-refractivity contribution in [1.29, 1.82) is 0 Å². The fourth-order valence-electron chi connectivity index (χ4n) is 2.74. The highest BCUT2D eigenvalue weighted by Crippen LogP contribution is 2.34. The molecule has 0 atom stereocenters. The predicted molar refractivity (Wildman–Crippen MR) is 94.3 cm³/mol. The van der Waals surface area contributed by atoms with Gasteiger partial charge in [0.05, 0.1) is 24.1 Å². The van der Waals surface area contributed by atoms with Gasteiger partial charge in [-0.2, -0.15) is 4.99 Å². The van der Waals surface area contributed by atoms with E-state index in [4.69, 9.17) is 21.7 Å². The number of aryl methyl sites for hydroxylation is 1. The summed E-state index contributed by atoms with van der Waals surface area (Å²) in [5.41, 5.74) is 4.24. The zero-order valence-corrected chi connectivity index (χ0v) is 13.9. The summed E-state index contributed by atoms with van der Waals surface area (Å²) in [7, 11) is 0. The first-order valence-electron chi connectivity index (χ1n) is 7.80. The normalized spacial score (nSPS) is 20.7. The van der Waals surface area contributed by atoms with Crippen LogP contribution in [-0.2, 0) is 15.9 Å². The van der Waals surface area contributed by atoms with Gasteiger partial charge < -0.3 is 9.47 Å². The molecule has 0 unspecified atom stereocenters. The van der Waals surface area contributed by atoms with Crippen LogP contribution in [0.2, 0.25) is 0 Å². The molecular formula is C19H19NO2S. The van der Waals surface area contributed by atoms with Crippen molar-refractivity contribution in [1.82, 2.24) is 0 Å². The van der Waals surface area contributed by atoms with Gasteiger partial charge in [0, 0.05) is 11.5 Å². The molecule has 3 nitrogen and oxygen atoms in total. The molecule has 2 aromatic carbocycles. The summed E-state index contributed by atoms with van der Waals surface area (Å²) < 4.78 is 11.9. The summed E-state index contributed by atoms with van der Waals surface area (Å²) in [6, 6.07) is 16.4. The van der Waals surface area contributed by atoms with Gasteiger partial charge in [-0.3, -0.25) is 0 Å². The van der Waals surface area contributed by atoms with Crippen LogP contribution < -0.4 is 0 Å². The van der Waals surface area contributed by atoms with Crippen LogP contribution >= 0.6 is 12.2 Å². The Morgan fingerprint density at radius 2 is 1.78 bits per heavy atom. The van der Waals surface area contributed by atoms with Crippen LogP contribution in [0.1, 0.15) is 35.8 Å². The summed E-state index contributed by atoms with van der Waals surface area (Å²) in [6.07, 6.45) is 0.654. The molecule has 1 saturated heterocycles. The van der Waals surface area contributed by atoms with Crippen molar-refractivity contribution in [2.24, 2.45) is 4.99 Å². The minimum atomic E-state index is -0.399. The Hall–Kier alpha value is -1.84. The Bertz CT molecular complexity index is 700. The molecule has 1 heterocycles. The number of aliphatic imine (C=N–C) groups is 1. The molecule has 0 N–H and O–H groups in total. The molecule has 2 aromatic rings. The van der Waals surface area contributed by atoms with Crippen molar-refractivity contribution < 1.29 is 9.47 Å². The second-order valence-corrected chi connectivity index (χ2v) is 5.74. The van der Waals surface area contributed by atoms with E-state index in [0.717, 1.165) is 17.7 Å². The van der Waals surface area contributed by atoms with Crippen LogP contribution in [0.25, 0.3) is 0 Å². The topological polar surface area (TPSA) is 30.8 Å². The average molecular weight is 325 g/mol. The van der Waals surface area contributed by atoms with E-state index in [9.17, 15) is 0 Å². The molecule has 0 aromatic heterocycles. The maximum atomic E-state index is 5.93. The van der Waals surface area contributed by atoms with Crippen molar-refractivity contribution in [3.05, 3.63) is 65.2 Å². The molecule has 1 aliphatic rings. The van der Waals surface area contributed by atoms with Crippen molar-refractivity contribution in [3.63, 3.8) is 0 Å². The lowest BCUT2D eigenvalue weighted by atomic mass is 9.98. The Morgan fingerprint density at radius 1 is 1.09 bits per heavy atom. The van der Waals surface area contributed by atoms with Gasteiger partial charge in [-0.25, -0.2) is 0 Å². The number of benzene rings is 2. The lowest BCUT2D eigenvalue weighted by molar-refractivity contribution is -0.191. The molecule has 118 valence electrons. The summed E-state index contributed by atoms with van der Waals surface area (Å²) in [4.78, 5) is 4.08. The molecule has 0 saturated carbocycles. The van der Waals surface area contributed by atoms with Crippen molar-refractivity contribution in [2.75, 3.05) is 13.2 Å². The van der Waals surface area contributed by atoms with Gasteiger partial charge in [-0.15, -0.1) is 0 Å². The monoisotopic (exact) mass is 325 g/mol. The van der Waals surface area contributed by atoms with Gasteiger partial charge in [-0.1, -0.05) is 49.4 Å². The molecule has 1 aliphatic heterocycles. The van der Waals surface area contributed by atoms with Gasteiger partial charge in [0.15, 0.2) is 6.29 Å². The Balaban J connectivity index is 1.69. The van der Waals surface area contributed by atoms with E-state index in [1.54, 1.807) is 0 Å². The Morgan fingerprint density at radius 3 is 2.43 bits per heavy atom. The molecule has 0 aliphatic carbocycles. The maximum absolute atomic E-state index is 5.93. The van der Waals surface area contributed by atoms with Crippen LogP contribution in [0, 0.1) is 0 Å². The standard InChI is InChI=1S/C19H19NO2S/c1-2-14-7-9-15(10-8-14)16-11-21-19(22-12-16)17-5-3-4-6-18(17)20-13-23/h3-10,16,19H,2,11-12H2,1H3/t16-,19-. The van der Waals surface area contributed by atoms with Gasteiger partial charge in [0.25, 0.3) is 0 Å². The first-order chi connectivity index (χ1) is 11.3. The molecule has 4 heteroatoms. The summed E-state index contributed by atoms with van der Waals surface area (Å²) in [6.45, 7) is 3.42.